The molecule has 0 aliphatic heterocycles. The number of anilines is 1. The molecule has 0 aliphatic carbocycles. The first-order valence-electron chi connectivity index (χ1n) is 13.4. The molecule has 4 rings (SSSR count). The van der Waals surface area contributed by atoms with E-state index in [1.807, 2.05) is 70.2 Å². The van der Waals surface area contributed by atoms with Crippen LogP contribution in [-0.4, -0.2) is 35.0 Å². The fourth-order valence-electron chi connectivity index (χ4n) is 4.24. The standard InChI is InChI=1S/C32H33BrN4O4/c1-6-8-23-15-22(18-34-37-31(20(3)4)36-27-14-11-24(33)17-26(27)32(37)39)16-28(40-7-2)30(23)41-19-29(38)35-25-12-9-21(5)10-13-25/h6,9-18,20H,1,7-8,19H2,2-5H3,(H,35,38). The molecule has 4 aromatic rings. The SMILES string of the molecule is C=CCc1cc(C=Nn2c(C(C)C)nc3ccc(Br)cc3c2=O)cc(OCC)c1OCC(=O)Nc1ccc(C)cc1. The van der Waals surface area contributed by atoms with E-state index in [-0.39, 0.29) is 24.0 Å². The van der Waals surface area contributed by atoms with Gasteiger partial charge in [0, 0.05) is 21.6 Å². The first-order chi connectivity index (χ1) is 19.7. The van der Waals surface area contributed by atoms with Gasteiger partial charge in [0.05, 0.1) is 23.7 Å². The zero-order valence-corrected chi connectivity index (χ0v) is 25.2. The van der Waals surface area contributed by atoms with E-state index >= 15 is 0 Å². The molecular weight excluding hydrogens is 584 g/mol. The molecule has 0 radical (unpaired) electrons. The number of carbonyl (C=O) groups excluding carboxylic acids is 1. The molecule has 1 N–H and O–H groups in total. The summed E-state index contributed by atoms with van der Waals surface area (Å²) in [5, 5.41) is 7.86. The zero-order valence-electron chi connectivity index (χ0n) is 23.6. The van der Waals surface area contributed by atoms with Crippen molar-refractivity contribution in [3.05, 3.63) is 105 Å². The van der Waals surface area contributed by atoms with Gasteiger partial charge >= 0.3 is 0 Å². The minimum Gasteiger partial charge on any atom is -0.490 e. The number of ether oxygens (including phenoxy) is 2. The number of nitrogens with zero attached hydrogens (tertiary/aromatic N) is 3. The van der Waals surface area contributed by atoms with Gasteiger partial charge in [-0.2, -0.15) is 9.78 Å². The van der Waals surface area contributed by atoms with Crippen molar-refractivity contribution >= 4 is 44.6 Å². The van der Waals surface area contributed by atoms with Gasteiger partial charge in [0.1, 0.15) is 5.82 Å². The van der Waals surface area contributed by atoms with E-state index in [9.17, 15) is 9.59 Å². The number of aromatic nitrogens is 2. The monoisotopic (exact) mass is 616 g/mol. The summed E-state index contributed by atoms with van der Waals surface area (Å²) in [6.07, 6.45) is 3.82. The van der Waals surface area contributed by atoms with Gasteiger partial charge in [0.2, 0.25) is 0 Å². The molecule has 0 fully saturated rings. The van der Waals surface area contributed by atoms with Crippen LogP contribution in [0.2, 0.25) is 0 Å². The number of carbonyl (C=O) groups is 1. The molecule has 0 saturated carbocycles. The molecule has 0 bridgehead atoms. The number of allylic oxidation sites excluding steroid dienone is 1. The van der Waals surface area contributed by atoms with Gasteiger partial charge in [-0.1, -0.05) is 53.5 Å². The van der Waals surface area contributed by atoms with E-state index in [2.05, 4.69) is 32.9 Å². The number of rotatable bonds is 11. The van der Waals surface area contributed by atoms with E-state index in [4.69, 9.17) is 14.5 Å². The number of hydrogen-bond acceptors (Lipinski definition) is 6. The van der Waals surface area contributed by atoms with Crippen LogP contribution in [0.4, 0.5) is 5.69 Å². The third-order valence-electron chi connectivity index (χ3n) is 6.17. The Morgan fingerprint density at radius 2 is 1.90 bits per heavy atom. The molecule has 0 spiro atoms. The van der Waals surface area contributed by atoms with Crippen LogP contribution >= 0.6 is 15.9 Å². The maximum absolute atomic E-state index is 13.4. The largest absolute Gasteiger partial charge is 0.490 e. The summed E-state index contributed by atoms with van der Waals surface area (Å²) in [6.45, 7) is 11.8. The van der Waals surface area contributed by atoms with Gasteiger partial charge < -0.3 is 14.8 Å². The number of fused-ring (bicyclic) bond motifs is 1. The number of nitrogens with one attached hydrogen (secondary N) is 1. The van der Waals surface area contributed by atoms with Crippen LogP contribution in [-0.2, 0) is 11.2 Å². The lowest BCUT2D eigenvalue weighted by Gasteiger charge is -2.17. The fraction of sp³-hybridized carbons (Fsp3) is 0.250. The number of aryl methyl sites for hydroxylation is 1. The van der Waals surface area contributed by atoms with E-state index in [0.29, 0.717) is 52.5 Å². The quantitative estimate of drug-likeness (QED) is 0.151. The highest BCUT2D eigenvalue weighted by molar-refractivity contribution is 9.10. The van der Waals surface area contributed by atoms with Gasteiger partial charge in [-0.3, -0.25) is 9.59 Å². The van der Waals surface area contributed by atoms with E-state index < -0.39 is 0 Å². The Morgan fingerprint density at radius 1 is 1.15 bits per heavy atom. The predicted molar refractivity (Wildman–Crippen MR) is 168 cm³/mol. The second kappa shape index (κ2) is 13.4. The lowest BCUT2D eigenvalue weighted by atomic mass is 10.1. The van der Waals surface area contributed by atoms with Crippen molar-refractivity contribution < 1.29 is 14.3 Å². The Hall–Kier alpha value is -4.24. The van der Waals surface area contributed by atoms with Gasteiger partial charge in [0.25, 0.3) is 11.5 Å². The average molecular weight is 618 g/mol. The lowest BCUT2D eigenvalue weighted by molar-refractivity contribution is -0.118. The summed E-state index contributed by atoms with van der Waals surface area (Å²) < 4.78 is 14.0. The molecule has 1 aromatic heterocycles. The third kappa shape index (κ3) is 7.29. The van der Waals surface area contributed by atoms with Crippen LogP contribution in [0.15, 0.2) is 81.6 Å². The lowest BCUT2D eigenvalue weighted by Crippen LogP contribution is -2.23. The molecule has 9 heteroatoms. The molecule has 212 valence electrons. The van der Waals surface area contributed by atoms with Crippen molar-refractivity contribution in [3.8, 4) is 11.5 Å². The normalized spacial score (nSPS) is 11.3. The average Bonchev–Trinajstić information content (AvgIpc) is 2.93. The predicted octanol–water partition coefficient (Wildman–Crippen LogP) is 6.62. The Balaban J connectivity index is 1.67. The van der Waals surface area contributed by atoms with Crippen molar-refractivity contribution in [2.24, 2.45) is 5.10 Å². The summed E-state index contributed by atoms with van der Waals surface area (Å²) in [5.41, 5.74) is 3.62. The molecule has 0 aliphatic rings. The zero-order chi connectivity index (χ0) is 29.5. The summed E-state index contributed by atoms with van der Waals surface area (Å²) in [7, 11) is 0. The minimum absolute atomic E-state index is 0.0370. The number of hydrogen-bond donors (Lipinski definition) is 1. The maximum atomic E-state index is 13.4. The second-order valence-corrected chi connectivity index (χ2v) is 10.7. The fourth-order valence-corrected chi connectivity index (χ4v) is 4.60. The highest BCUT2D eigenvalue weighted by Crippen LogP contribution is 2.34. The second-order valence-electron chi connectivity index (χ2n) is 9.78. The Kier molecular flexibility index (Phi) is 9.73. The van der Waals surface area contributed by atoms with Crippen molar-refractivity contribution in [2.75, 3.05) is 18.5 Å². The molecule has 3 aromatic carbocycles. The third-order valence-corrected chi connectivity index (χ3v) is 6.67. The summed E-state index contributed by atoms with van der Waals surface area (Å²) in [4.78, 5) is 30.7. The number of amides is 1. The molecule has 0 saturated heterocycles. The van der Waals surface area contributed by atoms with Crippen LogP contribution in [0, 0.1) is 6.92 Å². The molecule has 8 nitrogen and oxygen atoms in total. The van der Waals surface area contributed by atoms with Crippen LogP contribution in [0.3, 0.4) is 0 Å². The number of benzene rings is 3. The Bertz CT molecular complexity index is 1660. The van der Waals surface area contributed by atoms with Gasteiger partial charge in [-0.25, -0.2) is 4.98 Å². The summed E-state index contributed by atoms with van der Waals surface area (Å²) in [6, 6.07) is 16.6. The van der Waals surface area contributed by atoms with Crippen LogP contribution in [0.5, 0.6) is 11.5 Å². The smallest absolute Gasteiger partial charge is 0.282 e. The maximum Gasteiger partial charge on any atom is 0.282 e. The van der Waals surface area contributed by atoms with Crippen LogP contribution < -0.4 is 20.3 Å². The van der Waals surface area contributed by atoms with Gasteiger partial charge in [-0.05, 0) is 68.3 Å². The Morgan fingerprint density at radius 3 is 2.59 bits per heavy atom. The first kappa shape index (κ1) is 29.7. The minimum atomic E-state index is -0.289. The van der Waals surface area contributed by atoms with Crippen molar-refractivity contribution in [3.63, 3.8) is 0 Å². The molecule has 1 heterocycles. The van der Waals surface area contributed by atoms with E-state index in [1.165, 1.54) is 4.68 Å². The van der Waals surface area contributed by atoms with E-state index in [1.54, 1.807) is 24.4 Å². The van der Waals surface area contributed by atoms with E-state index in [0.717, 1.165) is 15.6 Å². The topological polar surface area (TPSA) is 94.8 Å². The highest BCUT2D eigenvalue weighted by Gasteiger charge is 2.17. The first-order valence-corrected chi connectivity index (χ1v) is 14.2. The van der Waals surface area contributed by atoms with Gasteiger partial charge in [0.15, 0.2) is 18.1 Å². The number of halogens is 1. The molecule has 41 heavy (non-hydrogen) atoms. The molecular formula is C32H33BrN4O4. The van der Waals surface area contributed by atoms with Gasteiger partial charge in [-0.15, -0.1) is 6.58 Å². The molecule has 1 amide bonds. The van der Waals surface area contributed by atoms with Crippen molar-refractivity contribution in [2.45, 2.75) is 40.0 Å². The summed E-state index contributed by atoms with van der Waals surface area (Å²) in [5.74, 6) is 1.15. The van der Waals surface area contributed by atoms with Crippen LogP contribution in [0.25, 0.3) is 10.9 Å². The Labute approximate surface area is 247 Å². The molecule has 0 atom stereocenters. The van der Waals surface area contributed by atoms with Crippen molar-refractivity contribution in [1.82, 2.24) is 9.66 Å². The van der Waals surface area contributed by atoms with Crippen LogP contribution in [0.1, 0.15) is 49.2 Å². The highest BCUT2D eigenvalue weighted by atomic mass is 79.9. The van der Waals surface area contributed by atoms with Crippen molar-refractivity contribution in [1.29, 1.82) is 0 Å². The molecule has 0 unspecified atom stereocenters. The summed E-state index contributed by atoms with van der Waals surface area (Å²) >= 11 is 3.43.